The van der Waals surface area contributed by atoms with E-state index in [9.17, 15) is 14.0 Å². The number of amides is 1. The van der Waals surface area contributed by atoms with Crippen LogP contribution in [0.25, 0.3) is 11.1 Å². The fourth-order valence-corrected chi connectivity index (χ4v) is 4.68. The van der Waals surface area contributed by atoms with Crippen LogP contribution in [0.1, 0.15) is 17.3 Å². The number of thiophene rings is 1. The Hall–Kier alpha value is -2.50. The number of nitrogen functional groups attached to an aromatic ring is 1. The van der Waals surface area contributed by atoms with Crippen molar-refractivity contribution in [3.05, 3.63) is 41.0 Å². The summed E-state index contributed by atoms with van der Waals surface area (Å²) < 4.78 is 18.9. The van der Waals surface area contributed by atoms with Crippen LogP contribution in [0.15, 0.2) is 34.0 Å². The summed E-state index contributed by atoms with van der Waals surface area (Å²) in [5.74, 6) is -1.15. The number of rotatable bonds is 7. The smallest absolute Gasteiger partial charge is 0.341 e. The number of hydrogen-bond donors (Lipinski definition) is 2. The summed E-state index contributed by atoms with van der Waals surface area (Å²) in [6, 6.07) is 5.76. The van der Waals surface area contributed by atoms with Crippen molar-refractivity contribution in [1.29, 1.82) is 0 Å². The highest BCUT2D eigenvalue weighted by atomic mass is 32.2. The maximum atomic E-state index is 13.2. The number of thioether (sulfide) groups is 1. The number of carbonyl (C=O) groups is 2. The van der Waals surface area contributed by atoms with Crippen molar-refractivity contribution in [2.45, 2.75) is 11.3 Å². The third-order valence-corrected chi connectivity index (χ3v) is 6.21. The Labute approximate surface area is 172 Å². The SMILES string of the molecule is CCOC(=O)c1c(-c2ccc(F)cc2)csc1NC(=O)CSc1nnc(N)s1. The molecule has 3 N–H and O–H groups in total. The summed E-state index contributed by atoms with van der Waals surface area (Å²) >= 11 is 3.59. The minimum atomic E-state index is -0.553. The third-order valence-electron chi connectivity index (χ3n) is 3.43. The monoisotopic (exact) mass is 438 g/mol. The number of nitrogens with one attached hydrogen (secondary N) is 1. The maximum absolute atomic E-state index is 13.2. The number of benzene rings is 1. The molecule has 0 fully saturated rings. The Morgan fingerprint density at radius 3 is 2.68 bits per heavy atom. The van der Waals surface area contributed by atoms with Gasteiger partial charge in [0.05, 0.1) is 12.4 Å². The average molecular weight is 439 g/mol. The Bertz CT molecular complexity index is 988. The van der Waals surface area contributed by atoms with E-state index in [-0.39, 0.29) is 29.6 Å². The Morgan fingerprint density at radius 2 is 2.04 bits per heavy atom. The standard InChI is InChI=1S/C17H15FN4O3S3/c1-2-25-15(24)13-11(9-3-5-10(18)6-4-9)7-26-14(13)20-12(23)8-27-17-22-21-16(19)28-17/h3-7H,2,8H2,1H3,(H2,19,21)(H,20,23). The maximum Gasteiger partial charge on any atom is 0.341 e. The minimum absolute atomic E-state index is 0.0840. The van der Waals surface area contributed by atoms with Crippen LogP contribution in [0.3, 0.4) is 0 Å². The van der Waals surface area contributed by atoms with Gasteiger partial charge in [-0.15, -0.1) is 21.5 Å². The zero-order valence-electron chi connectivity index (χ0n) is 14.6. The zero-order chi connectivity index (χ0) is 20.1. The number of esters is 1. The van der Waals surface area contributed by atoms with E-state index >= 15 is 0 Å². The normalized spacial score (nSPS) is 10.6. The quantitative estimate of drug-likeness (QED) is 0.425. The molecule has 3 aromatic rings. The van der Waals surface area contributed by atoms with Gasteiger partial charge in [-0.1, -0.05) is 35.2 Å². The van der Waals surface area contributed by atoms with Gasteiger partial charge >= 0.3 is 5.97 Å². The molecule has 0 saturated carbocycles. The van der Waals surface area contributed by atoms with Gasteiger partial charge in [0, 0.05) is 10.9 Å². The first kappa shape index (κ1) is 20.2. The Morgan fingerprint density at radius 1 is 1.29 bits per heavy atom. The molecule has 3 rings (SSSR count). The fraction of sp³-hybridized carbons (Fsp3) is 0.176. The van der Waals surface area contributed by atoms with Gasteiger partial charge in [0.1, 0.15) is 16.4 Å². The number of nitrogens with zero attached hydrogens (tertiary/aromatic N) is 2. The van der Waals surface area contributed by atoms with Gasteiger partial charge in [0.2, 0.25) is 11.0 Å². The van der Waals surface area contributed by atoms with E-state index in [1.165, 1.54) is 46.6 Å². The number of aromatic nitrogens is 2. The van der Waals surface area contributed by atoms with E-state index in [0.717, 1.165) is 0 Å². The second kappa shape index (κ2) is 9.13. The van der Waals surface area contributed by atoms with Crippen LogP contribution >= 0.6 is 34.4 Å². The third kappa shape index (κ3) is 4.86. The Balaban J connectivity index is 1.80. The van der Waals surface area contributed by atoms with Crippen LogP contribution in [0.2, 0.25) is 0 Å². The second-order valence-corrected chi connectivity index (χ2v) is 8.44. The van der Waals surface area contributed by atoms with Gasteiger partial charge in [-0.25, -0.2) is 9.18 Å². The van der Waals surface area contributed by atoms with E-state index in [2.05, 4.69) is 15.5 Å². The molecule has 0 radical (unpaired) electrons. The van der Waals surface area contributed by atoms with Crippen LogP contribution in [-0.4, -0.2) is 34.4 Å². The van der Waals surface area contributed by atoms with E-state index in [4.69, 9.17) is 10.5 Å². The first-order valence-corrected chi connectivity index (χ1v) is 10.7. The van der Waals surface area contributed by atoms with Gasteiger partial charge in [0.25, 0.3) is 0 Å². The molecule has 0 spiro atoms. The lowest BCUT2D eigenvalue weighted by molar-refractivity contribution is -0.113. The zero-order valence-corrected chi connectivity index (χ0v) is 17.0. The van der Waals surface area contributed by atoms with E-state index in [0.29, 0.717) is 25.6 Å². The van der Waals surface area contributed by atoms with Crippen LogP contribution in [0.4, 0.5) is 14.5 Å². The summed E-state index contributed by atoms with van der Waals surface area (Å²) in [7, 11) is 0. The predicted molar refractivity (Wildman–Crippen MR) is 109 cm³/mol. The molecule has 0 bridgehead atoms. The molecule has 0 aliphatic rings. The molecule has 28 heavy (non-hydrogen) atoms. The average Bonchev–Trinajstić information content (AvgIpc) is 3.27. The summed E-state index contributed by atoms with van der Waals surface area (Å²) in [4.78, 5) is 24.8. The van der Waals surface area contributed by atoms with Gasteiger partial charge in [-0.05, 0) is 24.6 Å². The lowest BCUT2D eigenvalue weighted by Crippen LogP contribution is -2.16. The Kier molecular flexibility index (Phi) is 6.60. The van der Waals surface area contributed by atoms with E-state index < -0.39 is 5.97 Å². The van der Waals surface area contributed by atoms with Gasteiger partial charge in [-0.3, -0.25) is 4.79 Å². The molecule has 0 aliphatic heterocycles. The molecule has 0 atom stereocenters. The van der Waals surface area contributed by atoms with Gasteiger partial charge in [0.15, 0.2) is 4.34 Å². The first-order valence-electron chi connectivity index (χ1n) is 8.04. The number of ether oxygens (including phenoxy) is 1. The number of halogens is 1. The predicted octanol–water partition coefficient (Wildman–Crippen LogP) is 3.90. The number of carbonyl (C=O) groups excluding carboxylic acids is 2. The molecule has 1 aromatic carbocycles. The number of nitrogens with two attached hydrogens (primary N) is 1. The molecule has 2 aromatic heterocycles. The van der Waals surface area contributed by atoms with Crippen molar-refractivity contribution < 1.29 is 18.7 Å². The molecule has 0 unspecified atom stereocenters. The van der Waals surface area contributed by atoms with Crippen molar-refractivity contribution in [2.75, 3.05) is 23.4 Å². The number of hydrogen-bond acceptors (Lipinski definition) is 9. The highest BCUT2D eigenvalue weighted by molar-refractivity contribution is 8.01. The van der Waals surface area contributed by atoms with Gasteiger partial charge < -0.3 is 15.8 Å². The number of anilines is 2. The fourth-order valence-electron chi connectivity index (χ4n) is 2.27. The highest BCUT2D eigenvalue weighted by Gasteiger charge is 2.23. The van der Waals surface area contributed by atoms with Crippen LogP contribution in [0.5, 0.6) is 0 Å². The molecule has 146 valence electrons. The molecule has 2 heterocycles. The topological polar surface area (TPSA) is 107 Å². The van der Waals surface area contributed by atoms with Crippen molar-refractivity contribution in [2.24, 2.45) is 0 Å². The lowest BCUT2D eigenvalue weighted by Gasteiger charge is -2.08. The van der Waals surface area contributed by atoms with Crippen LogP contribution < -0.4 is 11.1 Å². The molecular weight excluding hydrogens is 423 g/mol. The molecule has 7 nitrogen and oxygen atoms in total. The molecule has 11 heteroatoms. The largest absolute Gasteiger partial charge is 0.462 e. The molecular formula is C17H15FN4O3S3. The first-order chi connectivity index (χ1) is 13.5. The minimum Gasteiger partial charge on any atom is -0.462 e. The summed E-state index contributed by atoms with van der Waals surface area (Å²) in [6.45, 7) is 1.89. The summed E-state index contributed by atoms with van der Waals surface area (Å²) in [5.41, 5.74) is 6.99. The van der Waals surface area contributed by atoms with Crippen molar-refractivity contribution in [3.63, 3.8) is 0 Å². The molecule has 0 aliphatic carbocycles. The van der Waals surface area contributed by atoms with E-state index in [1.54, 1.807) is 24.4 Å². The second-order valence-electron chi connectivity index (χ2n) is 5.32. The van der Waals surface area contributed by atoms with Crippen molar-refractivity contribution in [1.82, 2.24) is 10.2 Å². The highest BCUT2D eigenvalue weighted by Crippen LogP contribution is 2.36. The summed E-state index contributed by atoms with van der Waals surface area (Å²) in [5, 5.41) is 12.7. The van der Waals surface area contributed by atoms with Crippen molar-refractivity contribution in [3.8, 4) is 11.1 Å². The van der Waals surface area contributed by atoms with Crippen LogP contribution in [-0.2, 0) is 9.53 Å². The van der Waals surface area contributed by atoms with E-state index in [1.807, 2.05) is 0 Å². The summed E-state index contributed by atoms with van der Waals surface area (Å²) in [6.07, 6.45) is 0. The lowest BCUT2D eigenvalue weighted by atomic mass is 10.0. The van der Waals surface area contributed by atoms with Gasteiger partial charge in [-0.2, -0.15) is 0 Å². The molecule has 0 saturated heterocycles. The molecule has 1 amide bonds. The van der Waals surface area contributed by atoms with Crippen LogP contribution in [0, 0.1) is 5.82 Å². The van der Waals surface area contributed by atoms with Crippen molar-refractivity contribution >= 4 is 56.4 Å².